The molecular weight excluding hydrogens is 278 g/mol. The van der Waals surface area contributed by atoms with Gasteiger partial charge in [0.1, 0.15) is 5.69 Å². The minimum Gasteiger partial charge on any atom is -0.461 e. The molecule has 1 N–H and O–H groups in total. The smallest absolute Gasteiger partial charge is 0.354 e. The summed E-state index contributed by atoms with van der Waals surface area (Å²) in [7, 11) is 0. The van der Waals surface area contributed by atoms with Gasteiger partial charge < -0.3 is 9.72 Å². The van der Waals surface area contributed by atoms with Crippen LogP contribution in [0.1, 0.15) is 79.3 Å². The van der Waals surface area contributed by atoms with Crippen molar-refractivity contribution in [1.29, 1.82) is 0 Å². The van der Waals surface area contributed by atoms with Crippen molar-refractivity contribution in [2.24, 2.45) is 0 Å². The summed E-state index contributed by atoms with van der Waals surface area (Å²) in [5.74, 6) is -0.358. The first kappa shape index (κ1) is 18.2. The highest BCUT2D eigenvalue weighted by Crippen LogP contribution is 2.12. The van der Waals surface area contributed by atoms with Gasteiger partial charge in [-0.1, -0.05) is 31.8 Å². The van der Waals surface area contributed by atoms with Gasteiger partial charge in [-0.05, 0) is 38.3 Å². The normalized spacial score (nSPS) is 10.4. The summed E-state index contributed by atoms with van der Waals surface area (Å²) in [6.07, 6.45) is 10.4. The molecule has 0 aliphatic heterocycles. The van der Waals surface area contributed by atoms with Crippen molar-refractivity contribution in [2.75, 3.05) is 6.61 Å². The van der Waals surface area contributed by atoms with Gasteiger partial charge in [-0.3, -0.25) is 4.79 Å². The van der Waals surface area contributed by atoms with E-state index in [2.05, 4.69) is 11.6 Å². The van der Waals surface area contributed by atoms with E-state index in [1.54, 1.807) is 19.1 Å². The molecule has 0 radical (unpaired) electrons. The largest absolute Gasteiger partial charge is 0.461 e. The quantitative estimate of drug-likeness (QED) is 0.264. The third kappa shape index (κ3) is 6.74. The standard InChI is InChI=1S/C18H27NO3/c1-3-5-6-7-8-9-10-11-12-17(20)15-13-14-16(19-15)18(21)22-4-2/h3,13-14,19H,1,4-12H2,2H3. The van der Waals surface area contributed by atoms with Gasteiger partial charge in [0, 0.05) is 6.42 Å². The van der Waals surface area contributed by atoms with E-state index in [0.29, 0.717) is 24.4 Å². The van der Waals surface area contributed by atoms with Crippen molar-refractivity contribution >= 4 is 11.8 Å². The van der Waals surface area contributed by atoms with Gasteiger partial charge in [0.25, 0.3) is 0 Å². The first-order chi connectivity index (χ1) is 10.7. The Labute approximate surface area is 132 Å². The fourth-order valence-electron chi connectivity index (χ4n) is 2.30. The molecule has 0 aliphatic rings. The Morgan fingerprint density at radius 2 is 1.73 bits per heavy atom. The number of H-pyrrole nitrogens is 1. The van der Waals surface area contributed by atoms with Crippen molar-refractivity contribution in [1.82, 2.24) is 4.98 Å². The Morgan fingerprint density at radius 3 is 2.41 bits per heavy atom. The number of aromatic nitrogens is 1. The number of ketones is 1. The second-order valence-electron chi connectivity index (χ2n) is 5.38. The van der Waals surface area contributed by atoms with Crippen LogP contribution >= 0.6 is 0 Å². The highest BCUT2D eigenvalue weighted by atomic mass is 16.5. The van der Waals surface area contributed by atoms with Gasteiger partial charge in [0.15, 0.2) is 5.78 Å². The molecule has 122 valence electrons. The summed E-state index contributed by atoms with van der Waals surface area (Å²) in [5, 5.41) is 0. The number of carbonyl (C=O) groups is 2. The molecule has 1 aromatic heterocycles. The number of allylic oxidation sites excluding steroid dienone is 1. The number of aromatic amines is 1. The van der Waals surface area contributed by atoms with E-state index in [-0.39, 0.29) is 5.78 Å². The fourth-order valence-corrected chi connectivity index (χ4v) is 2.30. The summed E-state index contributed by atoms with van der Waals surface area (Å²) in [6, 6.07) is 3.26. The van der Waals surface area contributed by atoms with E-state index in [9.17, 15) is 9.59 Å². The molecule has 0 aliphatic carbocycles. The maximum Gasteiger partial charge on any atom is 0.354 e. The maximum absolute atomic E-state index is 12.0. The predicted molar refractivity (Wildman–Crippen MR) is 88.2 cm³/mol. The summed E-state index contributed by atoms with van der Waals surface area (Å²) in [4.78, 5) is 26.4. The van der Waals surface area contributed by atoms with E-state index in [1.165, 1.54) is 25.7 Å². The highest BCUT2D eigenvalue weighted by Gasteiger charge is 2.13. The minimum absolute atomic E-state index is 0.0576. The Hall–Kier alpha value is -1.84. The lowest BCUT2D eigenvalue weighted by Gasteiger charge is -2.01. The van der Waals surface area contributed by atoms with Crippen LogP contribution < -0.4 is 0 Å². The topological polar surface area (TPSA) is 59.2 Å². The third-order valence-corrected chi connectivity index (χ3v) is 3.54. The number of hydrogen-bond donors (Lipinski definition) is 1. The van der Waals surface area contributed by atoms with Crippen LogP contribution in [0.2, 0.25) is 0 Å². The van der Waals surface area contributed by atoms with Crippen molar-refractivity contribution in [2.45, 2.75) is 58.3 Å². The molecule has 22 heavy (non-hydrogen) atoms. The Kier molecular flexibility index (Phi) is 8.96. The molecule has 0 saturated heterocycles. The van der Waals surface area contributed by atoms with Crippen molar-refractivity contribution in [3.63, 3.8) is 0 Å². The van der Waals surface area contributed by atoms with Crippen LogP contribution in [-0.4, -0.2) is 23.3 Å². The number of hydrogen-bond acceptors (Lipinski definition) is 3. The molecule has 4 nitrogen and oxygen atoms in total. The van der Waals surface area contributed by atoms with Crippen LogP contribution in [0.3, 0.4) is 0 Å². The molecule has 0 bridgehead atoms. The lowest BCUT2D eigenvalue weighted by Crippen LogP contribution is -2.06. The molecular formula is C18H27NO3. The van der Waals surface area contributed by atoms with Crippen LogP contribution in [0.5, 0.6) is 0 Å². The first-order valence-corrected chi connectivity index (χ1v) is 8.19. The SMILES string of the molecule is C=CCCCCCCCCC(=O)c1ccc(C(=O)OCC)[nH]1. The predicted octanol–water partition coefficient (Wildman–Crippen LogP) is 4.68. The summed E-state index contributed by atoms with van der Waals surface area (Å²) < 4.78 is 4.89. The number of Topliss-reactive ketones (excluding diaryl/α,β-unsaturated/α-hetero) is 1. The highest BCUT2D eigenvalue weighted by molar-refractivity contribution is 5.96. The Balaban J connectivity index is 2.20. The fraction of sp³-hybridized carbons (Fsp3) is 0.556. The molecule has 1 rings (SSSR count). The van der Waals surface area contributed by atoms with E-state index in [0.717, 1.165) is 19.3 Å². The van der Waals surface area contributed by atoms with Crippen LogP contribution in [-0.2, 0) is 4.74 Å². The molecule has 4 heteroatoms. The minimum atomic E-state index is -0.416. The molecule has 0 atom stereocenters. The van der Waals surface area contributed by atoms with Crippen LogP contribution in [0.15, 0.2) is 24.8 Å². The van der Waals surface area contributed by atoms with E-state index < -0.39 is 5.97 Å². The second kappa shape index (κ2) is 10.8. The molecule has 0 fully saturated rings. The van der Waals surface area contributed by atoms with Gasteiger partial charge in [-0.15, -0.1) is 6.58 Å². The average Bonchev–Trinajstić information content (AvgIpc) is 3.00. The molecule has 0 amide bonds. The van der Waals surface area contributed by atoms with E-state index >= 15 is 0 Å². The number of nitrogens with one attached hydrogen (secondary N) is 1. The molecule has 1 aromatic rings. The number of ether oxygens (including phenoxy) is 1. The molecule has 0 spiro atoms. The van der Waals surface area contributed by atoms with E-state index in [4.69, 9.17) is 4.74 Å². The van der Waals surface area contributed by atoms with Crippen molar-refractivity contribution in [3.8, 4) is 0 Å². The third-order valence-electron chi connectivity index (χ3n) is 3.54. The lowest BCUT2D eigenvalue weighted by atomic mass is 10.1. The second-order valence-corrected chi connectivity index (χ2v) is 5.38. The van der Waals surface area contributed by atoms with Crippen LogP contribution in [0.25, 0.3) is 0 Å². The first-order valence-electron chi connectivity index (χ1n) is 8.19. The van der Waals surface area contributed by atoms with Gasteiger partial charge in [0.2, 0.25) is 0 Å². The number of unbranched alkanes of at least 4 members (excludes halogenated alkanes) is 6. The van der Waals surface area contributed by atoms with Crippen LogP contribution in [0.4, 0.5) is 0 Å². The molecule has 1 heterocycles. The number of esters is 1. The number of rotatable bonds is 12. The van der Waals surface area contributed by atoms with Gasteiger partial charge in [-0.2, -0.15) is 0 Å². The van der Waals surface area contributed by atoms with E-state index in [1.807, 2.05) is 6.08 Å². The Morgan fingerprint density at radius 1 is 1.09 bits per heavy atom. The summed E-state index contributed by atoms with van der Waals surface area (Å²) in [6.45, 7) is 5.79. The maximum atomic E-state index is 12.0. The zero-order valence-corrected chi connectivity index (χ0v) is 13.5. The zero-order valence-electron chi connectivity index (χ0n) is 13.5. The molecule has 0 saturated carbocycles. The number of carbonyl (C=O) groups excluding carboxylic acids is 2. The van der Waals surface area contributed by atoms with Crippen LogP contribution in [0, 0.1) is 0 Å². The molecule has 0 aromatic carbocycles. The summed E-state index contributed by atoms with van der Waals surface area (Å²) in [5.41, 5.74) is 0.835. The van der Waals surface area contributed by atoms with Gasteiger partial charge >= 0.3 is 5.97 Å². The zero-order chi connectivity index (χ0) is 16.2. The molecule has 0 unspecified atom stereocenters. The monoisotopic (exact) mass is 305 g/mol. The van der Waals surface area contributed by atoms with Crippen molar-refractivity contribution in [3.05, 3.63) is 36.2 Å². The van der Waals surface area contributed by atoms with Gasteiger partial charge in [0.05, 0.1) is 12.3 Å². The Bertz CT molecular complexity index is 476. The average molecular weight is 305 g/mol. The van der Waals surface area contributed by atoms with Crippen molar-refractivity contribution < 1.29 is 14.3 Å². The lowest BCUT2D eigenvalue weighted by molar-refractivity contribution is 0.0520. The van der Waals surface area contributed by atoms with Gasteiger partial charge in [-0.25, -0.2) is 4.79 Å². The summed E-state index contributed by atoms with van der Waals surface area (Å²) >= 11 is 0.